The Labute approximate surface area is 120 Å². The van der Waals surface area contributed by atoms with Crippen LogP contribution in [0.1, 0.15) is 38.5 Å². The number of aliphatic hydroxyl groups is 1. The average Bonchev–Trinajstić information content (AvgIpc) is 2.41. The van der Waals surface area contributed by atoms with Gasteiger partial charge in [-0.15, -0.1) is 11.8 Å². The molecule has 1 fully saturated rings. The highest BCUT2D eigenvalue weighted by Gasteiger charge is 2.39. The maximum atomic E-state index is 10.5. The van der Waals surface area contributed by atoms with Crippen LogP contribution in [0.3, 0.4) is 0 Å². The van der Waals surface area contributed by atoms with E-state index in [1.165, 1.54) is 24.2 Å². The van der Waals surface area contributed by atoms with Crippen LogP contribution in [0.4, 0.5) is 0 Å². The molecule has 0 saturated heterocycles. The van der Waals surface area contributed by atoms with Crippen molar-refractivity contribution in [2.75, 3.05) is 5.75 Å². The maximum absolute atomic E-state index is 10.5. The molecule has 2 rings (SSSR count). The van der Waals surface area contributed by atoms with E-state index in [4.69, 9.17) is 0 Å². The zero-order valence-electron chi connectivity index (χ0n) is 10.7. The minimum absolute atomic E-state index is 0.0162. The van der Waals surface area contributed by atoms with Crippen LogP contribution in [-0.2, 0) is 0 Å². The largest absolute Gasteiger partial charge is 0.392 e. The molecule has 0 bridgehead atoms. The fourth-order valence-electron chi connectivity index (χ4n) is 2.76. The standard InChI is InChI=1S/C15H22OS2/c16-14(9-12-17)15(10-5-2-6-11-15)18-13-7-3-1-4-8-13/h1,3-4,7-8,14,16-17H,2,5-6,9-12H2. The fraction of sp³-hybridized carbons (Fsp3) is 0.600. The molecule has 1 saturated carbocycles. The van der Waals surface area contributed by atoms with E-state index in [1.807, 2.05) is 17.8 Å². The van der Waals surface area contributed by atoms with Crippen molar-refractivity contribution in [1.29, 1.82) is 0 Å². The first kappa shape index (κ1) is 14.3. The van der Waals surface area contributed by atoms with Gasteiger partial charge in [-0.2, -0.15) is 12.6 Å². The van der Waals surface area contributed by atoms with E-state index in [1.54, 1.807) is 0 Å². The van der Waals surface area contributed by atoms with Crippen LogP contribution in [0.2, 0.25) is 0 Å². The van der Waals surface area contributed by atoms with Crippen LogP contribution in [0.15, 0.2) is 35.2 Å². The number of hydrogen-bond donors (Lipinski definition) is 2. The van der Waals surface area contributed by atoms with Crippen molar-refractivity contribution in [2.24, 2.45) is 0 Å². The molecule has 1 nitrogen and oxygen atoms in total. The van der Waals surface area contributed by atoms with Gasteiger partial charge in [-0.3, -0.25) is 0 Å². The zero-order chi connectivity index (χ0) is 12.8. The molecule has 3 heteroatoms. The minimum Gasteiger partial charge on any atom is -0.392 e. The van der Waals surface area contributed by atoms with E-state index in [0.717, 1.165) is 25.0 Å². The summed E-state index contributed by atoms with van der Waals surface area (Å²) in [5, 5.41) is 10.5. The van der Waals surface area contributed by atoms with E-state index in [-0.39, 0.29) is 10.9 Å². The molecule has 0 heterocycles. The molecule has 1 aromatic carbocycles. The van der Waals surface area contributed by atoms with Gasteiger partial charge in [0.05, 0.1) is 6.10 Å². The van der Waals surface area contributed by atoms with Crippen molar-refractivity contribution in [3.05, 3.63) is 30.3 Å². The predicted octanol–water partition coefficient (Wildman–Crippen LogP) is 4.16. The first-order chi connectivity index (χ1) is 8.77. The Bertz CT molecular complexity index is 347. The number of thioether (sulfide) groups is 1. The third kappa shape index (κ3) is 3.46. The van der Waals surface area contributed by atoms with Crippen LogP contribution in [0.5, 0.6) is 0 Å². The molecule has 0 aliphatic heterocycles. The van der Waals surface area contributed by atoms with E-state index in [9.17, 15) is 5.11 Å². The number of aliphatic hydroxyl groups excluding tert-OH is 1. The van der Waals surface area contributed by atoms with Crippen LogP contribution >= 0.6 is 24.4 Å². The molecular weight excluding hydrogens is 260 g/mol. The van der Waals surface area contributed by atoms with E-state index in [2.05, 4.69) is 36.9 Å². The maximum Gasteiger partial charge on any atom is 0.0698 e. The Morgan fingerprint density at radius 2 is 1.83 bits per heavy atom. The van der Waals surface area contributed by atoms with Crippen LogP contribution in [0.25, 0.3) is 0 Å². The summed E-state index contributed by atoms with van der Waals surface area (Å²) in [7, 11) is 0. The van der Waals surface area contributed by atoms with Gasteiger partial charge in [-0.1, -0.05) is 37.5 Å². The molecule has 0 aromatic heterocycles. The second-order valence-corrected chi connectivity index (χ2v) is 7.00. The third-order valence-corrected chi connectivity index (χ3v) is 5.63. The van der Waals surface area contributed by atoms with Gasteiger partial charge in [0, 0.05) is 9.64 Å². The molecule has 0 amide bonds. The van der Waals surface area contributed by atoms with Crippen molar-refractivity contribution in [3.63, 3.8) is 0 Å². The molecule has 1 N–H and O–H groups in total. The van der Waals surface area contributed by atoms with Gasteiger partial charge in [0.1, 0.15) is 0 Å². The lowest BCUT2D eigenvalue weighted by molar-refractivity contribution is 0.104. The SMILES string of the molecule is OC(CCS)C1(Sc2ccccc2)CCCCC1. The molecule has 100 valence electrons. The minimum atomic E-state index is -0.236. The number of benzene rings is 1. The zero-order valence-corrected chi connectivity index (χ0v) is 12.4. The summed E-state index contributed by atoms with van der Waals surface area (Å²) in [6.07, 6.45) is 6.60. The van der Waals surface area contributed by atoms with Gasteiger partial charge in [0.25, 0.3) is 0 Å². The first-order valence-corrected chi connectivity index (χ1v) is 8.25. The normalized spacial score (nSPS) is 20.6. The van der Waals surface area contributed by atoms with E-state index < -0.39 is 0 Å². The van der Waals surface area contributed by atoms with Crippen LogP contribution in [-0.4, -0.2) is 21.7 Å². The van der Waals surface area contributed by atoms with Gasteiger partial charge in [0.15, 0.2) is 0 Å². The summed E-state index contributed by atoms with van der Waals surface area (Å²) in [5.41, 5.74) is 0. The number of rotatable bonds is 5. The van der Waals surface area contributed by atoms with Gasteiger partial charge < -0.3 is 5.11 Å². The summed E-state index contributed by atoms with van der Waals surface area (Å²) >= 11 is 6.15. The molecule has 1 atom stereocenters. The molecular formula is C15H22OS2. The highest BCUT2D eigenvalue weighted by molar-refractivity contribution is 8.00. The van der Waals surface area contributed by atoms with E-state index >= 15 is 0 Å². The predicted molar refractivity (Wildman–Crippen MR) is 82.6 cm³/mol. The average molecular weight is 282 g/mol. The summed E-state index contributed by atoms with van der Waals surface area (Å²) < 4.78 is 0.0162. The van der Waals surface area contributed by atoms with Crippen molar-refractivity contribution in [2.45, 2.75) is 54.3 Å². The number of hydrogen-bond acceptors (Lipinski definition) is 3. The Morgan fingerprint density at radius 1 is 1.17 bits per heavy atom. The topological polar surface area (TPSA) is 20.2 Å². The highest BCUT2D eigenvalue weighted by atomic mass is 32.2. The lowest BCUT2D eigenvalue weighted by Crippen LogP contribution is -2.41. The van der Waals surface area contributed by atoms with Gasteiger partial charge in [-0.05, 0) is 37.1 Å². The quantitative estimate of drug-likeness (QED) is 0.791. The molecule has 0 radical (unpaired) electrons. The second-order valence-electron chi connectivity index (χ2n) is 5.07. The van der Waals surface area contributed by atoms with Gasteiger partial charge in [-0.25, -0.2) is 0 Å². The Kier molecular flexibility index (Phi) is 5.46. The van der Waals surface area contributed by atoms with Gasteiger partial charge >= 0.3 is 0 Å². The molecule has 1 unspecified atom stereocenters. The number of thiol groups is 1. The highest BCUT2D eigenvalue weighted by Crippen LogP contribution is 2.46. The van der Waals surface area contributed by atoms with Crippen LogP contribution in [0, 0.1) is 0 Å². The molecule has 1 aromatic rings. The second kappa shape index (κ2) is 6.88. The fourth-order valence-corrected chi connectivity index (χ4v) is 4.52. The van der Waals surface area contributed by atoms with Crippen LogP contribution < -0.4 is 0 Å². The van der Waals surface area contributed by atoms with Crippen molar-refractivity contribution in [1.82, 2.24) is 0 Å². The Morgan fingerprint density at radius 3 is 2.44 bits per heavy atom. The smallest absolute Gasteiger partial charge is 0.0698 e. The van der Waals surface area contributed by atoms with E-state index in [0.29, 0.717) is 0 Å². The van der Waals surface area contributed by atoms with Crippen molar-refractivity contribution < 1.29 is 5.11 Å². The lowest BCUT2D eigenvalue weighted by atomic mass is 9.83. The third-order valence-electron chi connectivity index (χ3n) is 3.77. The molecule has 1 aliphatic rings. The monoisotopic (exact) mass is 282 g/mol. The lowest BCUT2D eigenvalue weighted by Gasteiger charge is -2.40. The first-order valence-electron chi connectivity index (χ1n) is 6.80. The van der Waals surface area contributed by atoms with Gasteiger partial charge in [0.2, 0.25) is 0 Å². The molecule has 0 spiro atoms. The molecule has 18 heavy (non-hydrogen) atoms. The summed E-state index contributed by atoms with van der Waals surface area (Å²) in [4.78, 5) is 1.28. The van der Waals surface area contributed by atoms with Crippen molar-refractivity contribution >= 4 is 24.4 Å². The molecule has 1 aliphatic carbocycles. The van der Waals surface area contributed by atoms with Crippen molar-refractivity contribution in [3.8, 4) is 0 Å². The Hall–Kier alpha value is -0.120. The summed E-state index contributed by atoms with van der Waals surface area (Å²) in [6, 6.07) is 10.5. The summed E-state index contributed by atoms with van der Waals surface area (Å²) in [6.45, 7) is 0. The summed E-state index contributed by atoms with van der Waals surface area (Å²) in [5.74, 6) is 0.762. The Balaban J connectivity index is 2.14.